The highest BCUT2D eigenvalue weighted by Crippen LogP contribution is 1.97. The monoisotopic (exact) mass is 405 g/mol. The first-order chi connectivity index (χ1) is 9.86. The van der Waals surface area contributed by atoms with Gasteiger partial charge in [-0.25, -0.2) is 0 Å². The summed E-state index contributed by atoms with van der Waals surface area (Å²) < 4.78 is 5.50. The molecule has 1 aromatic rings. The van der Waals surface area contributed by atoms with Crippen LogP contribution in [0.25, 0.3) is 0 Å². The molecule has 0 aromatic heterocycles. The van der Waals surface area contributed by atoms with Gasteiger partial charge in [0.05, 0.1) is 6.61 Å². The predicted molar refractivity (Wildman–Crippen MR) is 101 cm³/mol. The Morgan fingerprint density at radius 2 is 1.81 bits per heavy atom. The van der Waals surface area contributed by atoms with Gasteiger partial charge in [0.1, 0.15) is 0 Å². The zero-order chi connectivity index (χ0) is 14.5. The molecule has 1 aromatic carbocycles. The first-order valence-corrected chi connectivity index (χ1v) is 7.43. The Kier molecular flexibility index (Phi) is 13.6. The molecular weight excluding hydrogens is 377 g/mol. The molecule has 0 amide bonds. The van der Waals surface area contributed by atoms with E-state index in [0.29, 0.717) is 0 Å². The number of rotatable bonds is 9. The number of nitrogens with zero attached hydrogens (tertiary/aromatic N) is 1. The van der Waals surface area contributed by atoms with E-state index < -0.39 is 0 Å². The Hall–Kier alpha value is -0.820. The molecule has 120 valence electrons. The lowest BCUT2D eigenvalue weighted by molar-refractivity contribution is 0.136. The highest BCUT2D eigenvalue weighted by Gasteiger charge is 1.97. The van der Waals surface area contributed by atoms with E-state index in [9.17, 15) is 0 Å². The minimum absolute atomic E-state index is 0. The van der Waals surface area contributed by atoms with Gasteiger partial charge in [-0.15, -0.1) is 24.0 Å². The molecule has 0 fully saturated rings. The number of hydrogen-bond donors (Lipinski definition) is 2. The smallest absolute Gasteiger partial charge is 0.191 e. The Labute approximate surface area is 145 Å². The standard InChI is InChI=1S/C16H27N3O.HI/c1-3-4-13-20-14-12-19-16(17-2)18-11-10-15-8-6-5-7-9-15;/h5-9H,3-4,10-14H2,1-2H3,(H2,17,18,19);1H. The van der Waals surface area contributed by atoms with Crippen molar-refractivity contribution in [3.63, 3.8) is 0 Å². The van der Waals surface area contributed by atoms with E-state index in [2.05, 4.69) is 46.8 Å². The fourth-order valence-electron chi connectivity index (χ4n) is 1.78. The van der Waals surface area contributed by atoms with Gasteiger partial charge in [0, 0.05) is 26.7 Å². The largest absolute Gasteiger partial charge is 0.380 e. The summed E-state index contributed by atoms with van der Waals surface area (Å²) in [5.74, 6) is 0.833. The van der Waals surface area contributed by atoms with Crippen LogP contribution in [0.15, 0.2) is 35.3 Å². The van der Waals surface area contributed by atoms with Gasteiger partial charge in [0.15, 0.2) is 5.96 Å². The van der Waals surface area contributed by atoms with Crippen LogP contribution >= 0.6 is 24.0 Å². The van der Waals surface area contributed by atoms with Crippen LogP contribution in [0.1, 0.15) is 25.3 Å². The summed E-state index contributed by atoms with van der Waals surface area (Å²) in [4.78, 5) is 4.19. The minimum atomic E-state index is 0. The van der Waals surface area contributed by atoms with Crippen molar-refractivity contribution in [2.24, 2.45) is 4.99 Å². The van der Waals surface area contributed by atoms with Gasteiger partial charge in [-0.05, 0) is 18.4 Å². The van der Waals surface area contributed by atoms with Crippen LogP contribution < -0.4 is 10.6 Å². The Morgan fingerprint density at radius 3 is 2.48 bits per heavy atom. The zero-order valence-electron chi connectivity index (χ0n) is 13.1. The van der Waals surface area contributed by atoms with Gasteiger partial charge in [0.25, 0.3) is 0 Å². The molecule has 0 atom stereocenters. The highest BCUT2D eigenvalue weighted by molar-refractivity contribution is 14.0. The normalized spacial score (nSPS) is 10.9. The molecule has 0 aliphatic rings. The van der Waals surface area contributed by atoms with Crippen molar-refractivity contribution < 1.29 is 4.74 Å². The second-order valence-electron chi connectivity index (χ2n) is 4.63. The van der Waals surface area contributed by atoms with Crippen molar-refractivity contribution in [1.29, 1.82) is 0 Å². The molecule has 0 heterocycles. The van der Waals surface area contributed by atoms with Crippen LogP contribution in [0.5, 0.6) is 0 Å². The Balaban J connectivity index is 0.00000400. The van der Waals surface area contributed by atoms with E-state index in [1.54, 1.807) is 7.05 Å². The molecule has 2 N–H and O–H groups in total. The van der Waals surface area contributed by atoms with E-state index in [0.717, 1.165) is 45.1 Å². The molecule has 0 radical (unpaired) electrons. The lowest BCUT2D eigenvalue weighted by Gasteiger charge is -2.12. The first-order valence-electron chi connectivity index (χ1n) is 7.43. The summed E-state index contributed by atoms with van der Waals surface area (Å²) in [5, 5.41) is 6.55. The maximum atomic E-state index is 5.50. The van der Waals surface area contributed by atoms with Crippen molar-refractivity contribution in [1.82, 2.24) is 10.6 Å². The summed E-state index contributed by atoms with van der Waals surface area (Å²) in [7, 11) is 1.79. The van der Waals surface area contributed by atoms with Crippen molar-refractivity contribution in [2.75, 3.05) is 33.4 Å². The molecule has 0 saturated carbocycles. The molecule has 0 bridgehead atoms. The number of aliphatic imine (C=N–C) groups is 1. The van der Waals surface area contributed by atoms with Crippen LogP contribution in [0.3, 0.4) is 0 Å². The second kappa shape index (κ2) is 14.1. The third-order valence-corrected chi connectivity index (χ3v) is 2.95. The predicted octanol–water partition coefficient (Wildman–Crippen LogP) is 2.83. The van der Waals surface area contributed by atoms with Crippen molar-refractivity contribution in [3.05, 3.63) is 35.9 Å². The first kappa shape index (κ1) is 20.2. The number of halogens is 1. The minimum Gasteiger partial charge on any atom is -0.380 e. The highest BCUT2D eigenvalue weighted by atomic mass is 127. The average Bonchev–Trinajstić information content (AvgIpc) is 2.50. The molecule has 0 unspecified atom stereocenters. The molecule has 0 saturated heterocycles. The maximum Gasteiger partial charge on any atom is 0.191 e. The van der Waals surface area contributed by atoms with Crippen LogP contribution in [0.2, 0.25) is 0 Å². The van der Waals surface area contributed by atoms with Crippen molar-refractivity contribution >= 4 is 29.9 Å². The number of guanidine groups is 1. The fraction of sp³-hybridized carbons (Fsp3) is 0.562. The SMILES string of the molecule is CCCCOCCNC(=NC)NCCc1ccccc1.I. The summed E-state index contributed by atoms with van der Waals surface area (Å²) in [5.41, 5.74) is 1.33. The average molecular weight is 405 g/mol. The quantitative estimate of drug-likeness (QED) is 0.288. The van der Waals surface area contributed by atoms with Gasteiger partial charge in [-0.1, -0.05) is 43.7 Å². The lowest BCUT2D eigenvalue weighted by atomic mass is 10.1. The van der Waals surface area contributed by atoms with Gasteiger partial charge in [-0.3, -0.25) is 4.99 Å². The van der Waals surface area contributed by atoms with E-state index >= 15 is 0 Å². The van der Waals surface area contributed by atoms with Gasteiger partial charge < -0.3 is 15.4 Å². The van der Waals surface area contributed by atoms with Gasteiger partial charge in [-0.2, -0.15) is 0 Å². The molecule has 1 rings (SSSR count). The fourth-order valence-corrected chi connectivity index (χ4v) is 1.78. The molecule has 21 heavy (non-hydrogen) atoms. The van der Waals surface area contributed by atoms with E-state index in [1.807, 2.05) is 6.07 Å². The van der Waals surface area contributed by atoms with E-state index in [1.165, 1.54) is 12.0 Å². The topological polar surface area (TPSA) is 45.6 Å². The Bertz CT molecular complexity index is 371. The van der Waals surface area contributed by atoms with E-state index in [-0.39, 0.29) is 24.0 Å². The molecule has 0 aliphatic carbocycles. The third-order valence-electron chi connectivity index (χ3n) is 2.95. The zero-order valence-corrected chi connectivity index (χ0v) is 15.4. The lowest BCUT2D eigenvalue weighted by Crippen LogP contribution is -2.39. The third kappa shape index (κ3) is 10.5. The van der Waals surface area contributed by atoms with Gasteiger partial charge >= 0.3 is 0 Å². The molecule has 5 heteroatoms. The number of ether oxygens (including phenoxy) is 1. The van der Waals surface area contributed by atoms with Crippen molar-refractivity contribution in [3.8, 4) is 0 Å². The van der Waals surface area contributed by atoms with Gasteiger partial charge in [0.2, 0.25) is 0 Å². The summed E-state index contributed by atoms with van der Waals surface area (Å²) in [6.45, 7) is 5.40. The number of unbranched alkanes of at least 4 members (excludes halogenated alkanes) is 1. The van der Waals surface area contributed by atoms with Crippen LogP contribution in [0.4, 0.5) is 0 Å². The van der Waals surface area contributed by atoms with E-state index in [4.69, 9.17) is 4.74 Å². The second-order valence-corrected chi connectivity index (χ2v) is 4.63. The number of hydrogen-bond acceptors (Lipinski definition) is 2. The molecular formula is C16H28IN3O. The number of benzene rings is 1. The van der Waals surface area contributed by atoms with Crippen molar-refractivity contribution in [2.45, 2.75) is 26.2 Å². The molecule has 0 spiro atoms. The maximum absolute atomic E-state index is 5.50. The van der Waals surface area contributed by atoms with Crippen LogP contribution in [-0.2, 0) is 11.2 Å². The van der Waals surface area contributed by atoms with Crippen LogP contribution in [-0.4, -0.2) is 39.3 Å². The number of nitrogens with one attached hydrogen (secondary N) is 2. The summed E-state index contributed by atoms with van der Waals surface area (Å²) in [6.07, 6.45) is 3.30. The molecule has 4 nitrogen and oxygen atoms in total. The Morgan fingerprint density at radius 1 is 1.10 bits per heavy atom. The molecule has 0 aliphatic heterocycles. The van der Waals surface area contributed by atoms with Crippen LogP contribution in [0, 0.1) is 0 Å². The summed E-state index contributed by atoms with van der Waals surface area (Å²) >= 11 is 0. The summed E-state index contributed by atoms with van der Waals surface area (Å²) in [6, 6.07) is 10.4.